The number of aromatic nitrogens is 3. The number of H-pyrrole nitrogens is 2. The van der Waals surface area contributed by atoms with Crippen LogP contribution in [0.2, 0.25) is 0 Å². The molecule has 5 rings (SSSR count). The highest BCUT2D eigenvalue weighted by atomic mass is 16.6. The summed E-state index contributed by atoms with van der Waals surface area (Å²) < 4.78 is 5.76. The van der Waals surface area contributed by atoms with E-state index in [9.17, 15) is 0 Å². The van der Waals surface area contributed by atoms with Crippen LogP contribution in [0.15, 0.2) is 36.5 Å². The SMILES string of the molecule is COc1cc(C)c2[nH]ccc2c1C1(c2nc3ccc(C#N)cc3[nH]2)CC1.O=C(O)O. The van der Waals surface area contributed by atoms with Gasteiger partial charge in [-0.3, -0.25) is 0 Å². The first-order valence-electron chi connectivity index (χ1n) is 9.37. The number of aryl methyl sites for hydroxylation is 1. The van der Waals surface area contributed by atoms with Crippen molar-refractivity contribution >= 4 is 28.1 Å². The number of imidazole rings is 1. The molecule has 8 nitrogen and oxygen atoms in total. The number of carbonyl (C=O) groups is 1. The van der Waals surface area contributed by atoms with Gasteiger partial charge in [-0.05, 0) is 55.7 Å². The van der Waals surface area contributed by atoms with Crippen molar-refractivity contribution in [2.45, 2.75) is 25.2 Å². The molecule has 0 bridgehead atoms. The van der Waals surface area contributed by atoms with Crippen molar-refractivity contribution in [3.8, 4) is 11.8 Å². The van der Waals surface area contributed by atoms with E-state index in [1.807, 2.05) is 24.4 Å². The zero-order valence-corrected chi connectivity index (χ0v) is 16.5. The number of nitrogens with zero attached hydrogens (tertiary/aromatic N) is 2. The monoisotopic (exact) mass is 404 g/mol. The van der Waals surface area contributed by atoms with E-state index in [1.54, 1.807) is 7.11 Å². The Morgan fingerprint density at radius 1 is 1.27 bits per heavy atom. The molecule has 8 heteroatoms. The lowest BCUT2D eigenvalue weighted by atomic mass is 9.89. The highest BCUT2D eigenvalue weighted by molar-refractivity contribution is 5.90. The number of carboxylic acid groups (broad SMARTS) is 2. The van der Waals surface area contributed by atoms with Gasteiger partial charge in [-0.15, -0.1) is 0 Å². The molecule has 1 aliphatic carbocycles. The number of benzene rings is 2. The molecule has 0 saturated heterocycles. The molecule has 0 unspecified atom stereocenters. The quantitative estimate of drug-likeness (QED) is 0.396. The van der Waals surface area contributed by atoms with Gasteiger partial charge in [0.2, 0.25) is 0 Å². The Bertz CT molecular complexity index is 1300. The Morgan fingerprint density at radius 3 is 2.63 bits per heavy atom. The van der Waals surface area contributed by atoms with Crippen molar-refractivity contribution in [1.82, 2.24) is 15.0 Å². The highest BCUT2D eigenvalue weighted by Crippen LogP contribution is 2.57. The van der Waals surface area contributed by atoms with Gasteiger partial charge in [0.15, 0.2) is 0 Å². The van der Waals surface area contributed by atoms with Gasteiger partial charge in [0.1, 0.15) is 11.6 Å². The first kappa shape index (κ1) is 19.3. The van der Waals surface area contributed by atoms with E-state index >= 15 is 0 Å². The third-order valence-corrected chi connectivity index (χ3v) is 5.52. The van der Waals surface area contributed by atoms with Gasteiger partial charge >= 0.3 is 6.16 Å². The van der Waals surface area contributed by atoms with E-state index in [4.69, 9.17) is 30.0 Å². The molecule has 152 valence electrons. The molecular weight excluding hydrogens is 384 g/mol. The summed E-state index contributed by atoms with van der Waals surface area (Å²) in [4.78, 5) is 20.2. The molecule has 0 spiro atoms. The molecule has 1 fully saturated rings. The molecule has 2 aromatic heterocycles. The van der Waals surface area contributed by atoms with E-state index in [0.29, 0.717) is 5.56 Å². The molecule has 0 radical (unpaired) electrons. The fourth-order valence-corrected chi connectivity index (χ4v) is 4.07. The number of ether oxygens (including phenoxy) is 1. The summed E-state index contributed by atoms with van der Waals surface area (Å²) >= 11 is 0. The summed E-state index contributed by atoms with van der Waals surface area (Å²) in [6.07, 6.45) is 2.20. The van der Waals surface area contributed by atoms with Crippen molar-refractivity contribution < 1.29 is 19.7 Å². The number of nitriles is 1. The molecule has 2 heterocycles. The van der Waals surface area contributed by atoms with Crippen LogP contribution >= 0.6 is 0 Å². The molecule has 2 aromatic carbocycles. The average molecular weight is 404 g/mol. The number of nitrogens with one attached hydrogen (secondary N) is 2. The topological polar surface area (TPSA) is 135 Å². The minimum absolute atomic E-state index is 0.161. The fourth-order valence-electron chi connectivity index (χ4n) is 4.07. The van der Waals surface area contributed by atoms with Crippen LogP contribution in [0, 0.1) is 18.3 Å². The summed E-state index contributed by atoms with van der Waals surface area (Å²) in [5.74, 6) is 1.86. The van der Waals surface area contributed by atoms with Crippen molar-refractivity contribution in [3.05, 3.63) is 59.0 Å². The van der Waals surface area contributed by atoms with Gasteiger partial charge in [-0.25, -0.2) is 9.78 Å². The number of hydrogen-bond acceptors (Lipinski definition) is 4. The lowest BCUT2D eigenvalue weighted by molar-refractivity contribution is 0.137. The number of hydrogen-bond donors (Lipinski definition) is 4. The molecule has 1 aliphatic rings. The van der Waals surface area contributed by atoms with Crippen molar-refractivity contribution in [2.75, 3.05) is 7.11 Å². The zero-order chi connectivity index (χ0) is 21.5. The second kappa shape index (κ2) is 7.12. The second-order valence-corrected chi connectivity index (χ2v) is 7.33. The minimum atomic E-state index is -1.83. The van der Waals surface area contributed by atoms with Crippen LogP contribution in [-0.4, -0.2) is 38.4 Å². The highest BCUT2D eigenvalue weighted by Gasteiger charge is 2.51. The summed E-state index contributed by atoms with van der Waals surface area (Å²) in [6.45, 7) is 2.09. The van der Waals surface area contributed by atoms with Crippen molar-refractivity contribution in [2.24, 2.45) is 0 Å². The van der Waals surface area contributed by atoms with Crippen LogP contribution in [0.4, 0.5) is 4.79 Å². The normalized spacial score (nSPS) is 14.0. The fraction of sp³-hybridized carbons (Fsp3) is 0.227. The maximum absolute atomic E-state index is 9.14. The molecule has 0 amide bonds. The van der Waals surface area contributed by atoms with Crippen molar-refractivity contribution in [1.29, 1.82) is 5.26 Å². The molecule has 30 heavy (non-hydrogen) atoms. The Hall–Kier alpha value is -3.99. The zero-order valence-electron chi connectivity index (χ0n) is 16.5. The minimum Gasteiger partial charge on any atom is -0.496 e. The lowest BCUT2D eigenvalue weighted by Crippen LogP contribution is -2.13. The maximum atomic E-state index is 9.14. The van der Waals surface area contributed by atoms with Crippen LogP contribution in [0.5, 0.6) is 5.75 Å². The summed E-state index contributed by atoms with van der Waals surface area (Å²) in [7, 11) is 1.73. The Labute approximate surface area is 171 Å². The predicted octanol–water partition coefficient (Wildman–Crippen LogP) is 4.54. The van der Waals surface area contributed by atoms with E-state index in [0.717, 1.165) is 41.0 Å². The number of rotatable bonds is 3. The predicted molar refractivity (Wildman–Crippen MR) is 111 cm³/mol. The van der Waals surface area contributed by atoms with Crippen LogP contribution < -0.4 is 4.74 Å². The Balaban J connectivity index is 0.000000503. The number of methoxy groups -OCH3 is 1. The van der Waals surface area contributed by atoms with Crippen LogP contribution in [0.3, 0.4) is 0 Å². The van der Waals surface area contributed by atoms with E-state index in [1.165, 1.54) is 16.5 Å². The van der Waals surface area contributed by atoms with Gasteiger partial charge in [-0.1, -0.05) is 0 Å². The molecule has 4 aromatic rings. The largest absolute Gasteiger partial charge is 0.503 e. The Kier molecular flexibility index (Phi) is 4.59. The van der Waals surface area contributed by atoms with Crippen LogP contribution in [0.1, 0.15) is 35.4 Å². The van der Waals surface area contributed by atoms with E-state index in [-0.39, 0.29) is 5.41 Å². The molecule has 0 atom stereocenters. The summed E-state index contributed by atoms with van der Waals surface area (Å²) in [5.41, 5.74) is 5.79. The first-order chi connectivity index (χ1) is 14.4. The van der Waals surface area contributed by atoms with E-state index < -0.39 is 6.16 Å². The molecule has 1 saturated carbocycles. The van der Waals surface area contributed by atoms with Gasteiger partial charge in [-0.2, -0.15) is 5.26 Å². The molecular formula is C22H20N4O4. The number of fused-ring (bicyclic) bond motifs is 2. The third kappa shape index (κ3) is 3.10. The average Bonchev–Trinajstić information content (AvgIpc) is 3.16. The van der Waals surface area contributed by atoms with Gasteiger partial charge < -0.3 is 24.9 Å². The van der Waals surface area contributed by atoms with Crippen molar-refractivity contribution in [3.63, 3.8) is 0 Å². The molecule has 4 N–H and O–H groups in total. The lowest BCUT2D eigenvalue weighted by Gasteiger charge is -2.19. The first-order valence-corrected chi connectivity index (χ1v) is 9.37. The summed E-state index contributed by atoms with van der Waals surface area (Å²) in [5, 5.41) is 24.3. The summed E-state index contributed by atoms with van der Waals surface area (Å²) in [6, 6.07) is 12.0. The smallest absolute Gasteiger partial charge is 0.496 e. The second-order valence-electron chi connectivity index (χ2n) is 7.33. The maximum Gasteiger partial charge on any atom is 0.503 e. The Morgan fingerprint density at radius 2 is 2.00 bits per heavy atom. The van der Waals surface area contributed by atoms with E-state index in [2.05, 4.69) is 35.1 Å². The molecule has 0 aliphatic heterocycles. The standard InChI is InChI=1S/C21H18N4O.CH2O3/c1-12-9-17(26-2)18(14-5-8-23-19(12)14)21(6-7-21)20-24-15-4-3-13(11-22)10-16(15)25-20;2-1(3)4/h3-5,8-10,23H,6-7H2,1-2H3,(H,24,25);(H2,2,3,4). The van der Waals surface area contributed by atoms with Gasteiger partial charge in [0.05, 0.1) is 35.2 Å². The number of aromatic amines is 2. The third-order valence-electron chi connectivity index (χ3n) is 5.52. The van der Waals surface area contributed by atoms with Gasteiger partial charge in [0, 0.05) is 22.7 Å². The van der Waals surface area contributed by atoms with Crippen LogP contribution in [0.25, 0.3) is 21.9 Å². The van der Waals surface area contributed by atoms with Gasteiger partial charge in [0.25, 0.3) is 0 Å². The van der Waals surface area contributed by atoms with Crippen LogP contribution in [-0.2, 0) is 5.41 Å².